The van der Waals surface area contributed by atoms with Crippen molar-refractivity contribution in [2.45, 2.75) is 26.2 Å². The Balaban J connectivity index is 5.06. The first-order chi connectivity index (χ1) is 7.40. The molecule has 0 aliphatic heterocycles. The molecule has 0 saturated carbocycles. The lowest BCUT2D eigenvalue weighted by atomic mass is 10.1. The highest BCUT2D eigenvalue weighted by atomic mass is 19.3. The molecule has 0 aromatic rings. The number of ketones is 1. The SMILES string of the molecule is CCOC=C(C(=O)OC)C(=O)C(F)(F)CC. The van der Waals surface area contributed by atoms with Gasteiger partial charge in [0.15, 0.2) is 0 Å². The summed E-state index contributed by atoms with van der Waals surface area (Å²) in [5, 5.41) is 0. The van der Waals surface area contributed by atoms with Gasteiger partial charge in [-0.1, -0.05) is 6.92 Å². The van der Waals surface area contributed by atoms with Crippen molar-refractivity contribution in [3.63, 3.8) is 0 Å². The molecular formula is C10H14F2O4. The molecule has 0 aromatic carbocycles. The van der Waals surface area contributed by atoms with Crippen molar-refractivity contribution >= 4 is 11.8 Å². The molecule has 92 valence electrons. The third kappa shape index (κ3) is 3.60. The van der Waals surface area contributed by atoms with Crippen LogP contribution in [0.25, 0.3) is 0 Å². The van der Waals surface area contributed by atoms with Crippen LogP contribution in [0.4, 0.5) is 8.78 Å². The molecule has 0 spiro atoms. The molecular weight excluding hydrogens is 222 g/mol. The van der Waals surface area contributed by atoms with Crippen molar-refractivity contribution in [3.05, 3.63) is 11.8 Å². The lowest BCUT2D eigenvalue weighted by Gasteiger charge is -2.13. The number of hydrogen-bond acceptors (Lipinski definition) is 4. The number of carbonyl (C=O) groups excluding carboxylic acids is 2. The van der Waals surface area contributed by atoms with E-state index >= 15 is 0 Å². The Morgan fingerprint density at radius 3 is 2.25 bits per heavy atom. The van der Waals surface area contributed by atoms with E-state index in [1.54, 1.807) is 6.92 Å². The minimum atomic E-state index is -3.59. The molecule has 0 saturated heterocycles. The van der Waals surface area contributed by atoms with E-state index in [9.17, 15) is 18.4 Å². The largest absolute Gasteiger partial charge is 0.500 e. The molecule has 4 nitrogen and oxygen atoms in total. The topological polar surface area (TPSA) is 52.6 Å². The van der Waals surface area contributed by atoms with Gasteiger partial charge in [0.05, 0.1) is 13.7 Å². The third-order valence-corrected chi connectivity index (χ3v) is 1.79. The predicted molar refractivity (Wildman–Crippen MR) is 52.0 cm³/mol. The van der Waals surface area contributed by atoms with Crippen molar-refractivity contribution in [3.8, 4) is 0 Å². The molecule has 0 N–H and O–H groups in total. The maximum absolute atomic E-state index is 13.1. The Kier molecular flexibility index (Phi) is 5.63. The van der Waals surface area contributed by atoms with Crippen molar-refractivity contribution in [1.82, 2.24) is 0 Å². The van der Waals surface area contributed by atoms with Crippen molar-refractivity contribution in [2.75, 3.05) is 13.7 Å². The number of hydrogen-bond donors (Lipinski definition) is 0. The third-order valence-electron chi connectivity index (χ3n) is 1.79. The van der Waals surface area contributed by atoms with E-state index in [1.807, 2.05) is 0 Å². The van der Waals surface area contributed by atoms with Crippen LogP contribution in [0.2, 0.25) is 0 Å². The second-order valence-electron chi connectivity index (χ2n) is 2.87. The van der Waals surface area contributed by atoms with E-state index in [2.05, 4.69) is 9.47 Å². The van der Waals surface area contributed by atoms with Crippen LogP contribution in [0.3, 0.4) is 0 Å². The Bertz CT molecular complexity index is 297. The van der Waals surface area contributed by atoms with Gasteiger partial charge < -0.3 is 9.47 Å². The number of halogens is 2. The summed E-state index contributed by atoms with van der Waals surface area (Å²) in [7, 11) is 0.999. The maximum Gasteiger partial charge on any atom is 0.344 e. The van der Waals surface area contributed by atoms with Crippen LogP contribution in [0.15, 0.2) is 11.8 Å². The van der Waals surface area contributed by atoms with E-state index in [0.29, 0.717) is 6.26 Å². The highest BCUT2D eigenvalue weighted by Gasteiger charge is 2.41. The van der Waals surface area contributed by atoms with E-state index < -0.39 is 29.7 Å². The summed E-state index contributed by atoms with van der Waals surface area (Å²) in [5.41, 5.74) is -0.781. The summed E-state index contributed by atoms with van der Waals surface area (Å²) in [6.07, 6.45) is 0.0179. The van der Waals surface area contributed by atoms with Crippen LogP contribution in [0.5, 0.6) is 0 Å². The number of Topliss-reactive ketones (excluding diaryl/α,β-unsaturated/α-hetero) is 1. The fourth-order valence-electron chi connectivity index (χ4n) is 0.829. The second kappa shape index (κ2) is 6.19. The highest BCUT2D eigenvalue weighted by molar-refractivity contribution is 6.19. The lowest BCUT2D eigenvalue weighted by Crippen LogP contribution is -2.32. The Morgan fingerprint density at radius 1 is 1.31 bits per heavy atom. The average Bonchev–Trinajstić information content (AvgIpc) is 2.28. The zero-order chi connectivity index (χ0) is 12.8. The first kappa shape index (κ1) is 14.5. The van der Waals surface area contributed by atoms with Crippen LogP contribution in [-0.2, 0) is 19.1 Å². The van der Waals surface area contributed by atoms with E-state index in [1.165, 1.54) is 0 Å². The van der Waals surface area contributed by atoms with Gasteiger partial charge in [0.1, 0.15) is 11.8 Å². The summed E-state index contributed by atoms with van der Waals surface area (Å²) in [6, 6.07) is 0. The standard InChI is InChI=1S/C10H14F2O4/c1-4-10(11,12)8(13)7(6-16-5-2)9(14)15-3/h6H,4-5H2,1-3H3. The predicted octanol–water partition coefficient (Wildman–Crippen LogP) is 1.69. The minimum Gasteiger partial charge on any atom is -0.500 e. The van der Waals surface area contributed by atoms with Crippen molar-refractivity contribution in [2.24, 2.45) is 0 Å². The first-order valence-electron chi connectivity index (χ1n) is 4.73. The number of rotatable bonds is 6. The Labute approximate surface area is 92.2 Å². The van der Waals surface area contributed by atoms with Gasteiger partial charge in [-0.25, -0.2) is 4.79 Å². The normalized spacial score (nSPS) is 12.2. The smallest absolute Gasteiger partial charge is 0.344 e. The summed E-state index contributed by atoms with van der Waals surface area (Å²) in [4.78, 5) is 22.4. The number of esters is 1. The second-order valence-corrected chi connectivity index (χ2v) is 2.87. The molecule has 0 unspecified atom stereocenters. The van der Waals surface area contributed by atoms with Gasteiger partial charge in [-0.3, -0.25) is 4.79 Å². The zero-order valence-corrected chi connectivity index (χ0v) is 9.38. The van der Waals surface area contributed by atoms with E-state index in [0.717, 1.165) is 14.0 Å². The molecule has 0 heterocycles. The fraction of sp³-hybridized carbons (Fsp3) is 0.600. The van der Waals surface area contributed by atoms with Crippen molar-refractivity contribution < 1.29 is 27.8 Å². The van der Waals surface area contributed by atoms with Crippen LogP contribution >= 0.6 is 0 Å². The van der Waals surface area contributed by atoms with Gasteiger partial charge in [-0.05, 0) is 6.92 Å². The van der Waals surface area contributed by atoms with Gasteiger partial charge in [-0.2, -0.15) is 8.78 Å². The van der Waals surface area contributed by atoms with Crippen LogP contribution < -0.4 is 0 Å². The highest BCUT2D eigenvalue weighted by Crippen LogP contribution is 2.23. The monoisotopic (exact) mass is 236 g/mol. The molecule has 0 rings (SSSR count). The Morgan fingerprint density at radius 2 is 1.88 bits per heavy atom. The number of ether oxygens (including phenoxy) is 2. The number of alkyl halides is 2. The molecule has 0 amide bonds. The molecule has 0 fully saturated rings. The molecule has 6 heteroatoms. The van der Waals surface area contributed by atoms with Gasteiger partial charge in [-0.15, -0.1) is 0 Å². The van der Waals surface area contributed by atoms with Gasteiger partial charge in [0, 0.05) is 6.42 Å². The van der Waals surface area contributed by atoms with Crippen LogP contribution in [0.1, 0.15) is 20.3 Å². The summed E-state index contributed by atoms with van der Waals surface area (Å²) < 4.78 is 35.0. The maximum atomic E-state index is 13.1. The molecule has 0 atom stereocenters. The quantitative estimate of drug-likeness (QED) is 0.231. The summed E-state index contributed by atoms with van der Waals surface area (Å²) >= 11 is 0. The first-order valence-corrected chi connectivity index (χ1v) is 4.73. The molecule has 0 aliphatic carbocycles. The molecule has 0 aliphatic rings. The Hall–Kier alpha value is -1.46. The number of methoxy groups -OCH3 is 1. The summed E-state index contributed by atoms with van der Waals surface area (Å²) in [6.45, 7) is 2.90. The van der Waals surface area contributed by atoms with Gasteiger partial charge in [0.25, 0.3) is 0 Å². The van der Waals surface area contributed by atoms with Crippen LogP contribution in [0, 0.1) is 0 Å². The average molecular weight is 236 g/mol. The zero-order valence-electron chi connectivity index (χ0n) is 9.38. The van der Waals surface area contributed by atoms with Gasteiger partial charge >= 0.3 is 11.9 Å². The lowest BCUT2D eigenvalue weighted by molar-refractivity contribution is -0.146. The fourth-order valence-corrected chi connectivity index (χ4v) is 0.829. The van der Waals surface area contributed by atoms with E-state index in [4.69, 9.17) is 0 Å². The molecule has 0 aromatic heterocycles. The molecule has 0 radical (unpaired) electrons. The minimum absolute atomic E-state index is 0.158. The molecule has 16 heavy (non-hydrogen) atoms. The summed E-state index contributed by atoms with van der Waals surface area (Å²) in [5.74, 6) is -6.31. The molecule has 0 bridgehead atoms. The van der Waals surface area contributed by atoms with Crippen molar-refractivity contribution in [1.29, 1.82) is 0 Å². The van der Waals surface area contributed by atoms with Gasteiger partial charge in [0.2, 0.25) is 5.78 Å². The van der Waals surface area contributed by atoms with Crippen LogP contribution in [-0.4, -0.2) is 31.4 Å². The van der Waals surface area contributed by atoms with E-state index in [-0.39, 0.29) is 6.61 Å². The number of carbonyl (C=O) groups is 2.